The first kappa shape index (κ1) is 65.3. The van der Waals surface area contributed by atoms with E-state index < -0.39 is 6.10 Å². The second-order valence-corrected chi connectivity index (χ2v) is 17.7. The molecule has 0 heterocycles. The van der Waals surface area contributed by atoms with Crippen LogP contribution in [0.5, 0.6) is 0 Å². The third-order valence-electron chi connectivity index (χ3n) is 11.1. The number of allylic oxidation sites excluding steroid dienone is 24. The minimum atomic E-state index is -0.827. The highest BCUT2D eigenvalue weighted by molar-refractivity contribution is 5.71. The van der Waals surface area contributed by atoms with E-state index in [0.717, 1.165) is 148 Å². The fourth-order valence-electron chi connectivity index (χ4n) is 7.01. The van der Waals surface area contributed by atoms with E-state index in [1.165, 1.54) is 25.7 Å². The molecule has 1 unspecified atom stereocenters. The van der Waals surface area contributed by atoms with Crippen molar-refractivity contribution in [3.63, 3.8) is 0 Å². The summed E-state index contributed by atoms with van der Waals surface area (Å²) in [6.45, 7) is 6.22. The Kier molecular flexibility index (Phi) is 53.0. The van der Waals surface area contributed by atoms with Crippen LogP contribution in [-0.4, -0.2) is 37.2 Å². The molecule has 0 bridgehead atoms. The van der Waals surface area contributed by atoms with Crippen molar-refractivity contribution < 1.29 is 28.6 Å². The molecule has 0 saturated carbocycles. The van der Waals surface area contributed by atoms with Crippen molar-refractivity contribution in [1.82, 2.24) is 0 Å². The summed E-state index contributed by atoms with van der Waals surface area (Å²) in [5.41, 5.74) is 0. The van der Waals surface area contributed by atoms with Crippen molar-refractivity contribution in [2.45, 2.75) is 226 Å². The molecule has 0 N–H and O–H groups in total. The molecule has 6 nitrogen and oxygen atoms in total. The second kappa shape index (κ2) is 56.9. The minimum absolute atomic E-state index is 0.118. The number of hydrogen-bond donors (Lipinski definition) is 0. The zero-order chi connectivity index (χ0) is 50.7. The predicted octanol–water partition coefficient (Wildman–Crippen LogP) is 18.8. The van der Waals surface area contributed by atoms with Gasteiger partial charge in [-0.2, -0.15) is 0 Å². The van der Waals surface area contributed by atoms with Crippen molar-refractivity contribution >= 4 is 17.9 Å². The molecule has 0 aromatic rings. The van der Waals surface area contributed by atoms with Crippen LogP contribution in [0.3, 0.4) is 0 Å². The van der Waals surface area contributed by atoms with E-state index in [1.54, 1.807) is 0 Å². The standard InChI is InChI=1S/C64H100O6/c1-4-7-10-13-16-19-22-25-28-31-32-34-36-39-42-45-48-51-54-57-63(66)69-60-61(59-68-62(65)56-53-50-47-44-41-38-35-30-27-24-21-18-15-12-9-6-3)70-64(67)58-55-52-49-46-43-40-37-33-29-26-23-20-17-14-11-8-5-2/h7-12,16-21,25-30,32,34,37,40,46,49,61H,4-6,13-15,22-24,31,33,35-36,38-39,41-45,47-48,50-60H2,1-3H3/b10-7-,11-8-,12-9-,19-16-,20-17-,21-18-,28-25-,29-26-,30-27-,34-32-,40-37-,49-46-. The van der Waals surface area contributed by atoms with E-state index in [9.17, 15) is 14.4 Å². The van der Waals surface area contributed by atoms with Crippen molar-refractivity contribution in [2.24, 2.45) is 0 Å². The fraction of sp³-hybridized carbons (Fsp3) is 0.578. The van der Waals surface area contributed by atoms with Crippen LogP contribution in [0.15, 0.2) is 146 Å². The number of unbranched alkanes of at least 4 members (excludes halogenated alkanes) is 13. The largest absolute Gasteiger partial charge is 0.462 e. The van der Waals surface area contributed by atoms with E-state index in [1.807, 2.05) is 0 Å². The summed E-state index contributed by atoms with van der Waals surface area (Å²) in [6.07, 6.45) is 81.2. The first-order chi connectivity index (χ1) is 34.5. The van der Waals surface area contributed by atoms with Gasteiger partial charge >= 0.3 is 17.9 Å². The molecular formula is C64H100O6. The molecule has 70 heavy (non-hydrogen) atoms. The lowest BCUT2D eigenvalue weighted by molar-refractivity contribution is -0.167. The van der Waals surface area contributed by atoms with Crippen molar-refractivity contribution in [1.29, 1.82) is 0 Å². The van der Waals surface area contributed by atoms with Crippen LogP contribution >= 0.6 is 0 Å². The summed E-state index contributed by atoms with van der Waals surface area (Å²) in [5.74, 6) is -1.01. The van der Waals surface area contributed by atoms with E-state index in [2.05, 4.69) is 167 Å². The lowest BCUT2D eigenvalue weighted by Gasteiger charge is -2.18. The lowest BCUT2D eigenvalue weighted by atomic mass is 10.1. The van der Waals surface area contributed by atoms with E-state index >= 15 is 0 Å². The molecule has 0 fully saturated rings. The van der Waals surface area contributed by atoms with Crippen molar-refractivity contribution in [3.05, 3.63) is 146 Å². The molecule has 0 aliphatic heterocycles. The molecule has 0 radical (unpaired) electrons. The molecule has 392 valence electrons. The highest BCUT2D eigenvalue weighted by atomic mass is 16.6. The Morgan fingerprint density at radius 1 is 0.286 bits per heavy atom. The molecule has 0 saturated heterocycles. The normalized spacial score (nSPS) is 13.2. The first-order valence-electron chi connectivity index (χ1n) is 27.8. The van der Waals surface area contributed by atoms with Crippen LogP contribution in [0.1, 0.15) is 220 Å². The smallest absolute Gasteiger partial charge is 0.306 e. The second-order valence-electron chi connectivity index (χ2n) is 17.7. The highest BCUT2D eigenvalue weighted by Crippen LogP contribution is 2.13. The molecular weight excluding hydrogens is 865 g/mol. The van der Waals surface area contributed by atoms with Gasteiger partial charge in [-0.3, -0.25) is 14.4 Å². The van der Waals surface area contributed by atoms with Gasteiger partial charge in [0.25, 0.3) is 0 Å². The van der Waals surface area contributed by atoms with E-state index in [-0.39, 0.29) is 37.5 Å². The van der Waals surface area contributed by atoms with Gasteiger partial charge in [0.2, 0.25) is 0 Å². The zero-order valence-corrected chi connectivity index (χ0v) is 44.7. The quantitative estimate of drug-likeness (QED) is 0.0262. The molecule has 6 heteroatoms. The average Bonchev–Trinajstić information content (AvgIpc) is 3.36. The highest BCUT2D eigenvalue weighted by Gasteiger charge is 2.19. The third kappa shape index (κ3) is 54.2. The number of carbonyl (C=O) groups is 3. The van der Waals surface area contributed by atoms with Crippen molar-refractivity contribution in [3.8, 4) is 0 Å². The Bertz CT molecular complexity index is 1580. The predicted molar refractivity (Wildman–Crippen MR) is 302 cm³/mol. The summed E-state index contributed by atoms with van der Waals surface area (Å²) in [4.78, 5) is 38.1. The van der Waals surface area contributed by atoms with Gasteiger partial charge in [0, 0.05) is 19.3 Å². The molecule has 1 atom stereocenters. The summed E-state index contributed by atoms with van der Waals surface area (Å²) < 4.78 is 16.8. The maximum atomic E-state index is 12.8. The number of carbonyl (C=O) groups excluding carboxylic acids is 3. The monoisotopic (exact) mass is 965 g/mol. The molecule has 0 aromatic heterocycles. The maximum Gasteiger partial charge on any atom is 0.306 e. The summed E-state index contributed by atoms with van der Waals surface area (Å²) in [5, 5.41) is 0. The van der Waals surface area contributed by atoms with E-state index in [4.69, 9.17) is 14.2 Å². The minimum Gasteiger partial charge on any atom is -0.462 e. The molecule has 0 spiro atoms. The van der Waals surface area contributed by atoms with Crippen LogP contribution in [-0.2, 0) is 28.6 Å². The van der Waals surface area contributed by atoms with Gasteiger partial charge in [-0.1, -0.05) is 218 Å². The van der Waals surface area contributed by atoms with Gasteiger partial charge in [-0.15, -0.1) is 0 Å². The molecule has 0 aromatic carbocycles. The molecule has 0 rings (SSSR count). The zero-order valence-electron chi connectivity index (χ0n) is 44.7. The lowest BCUT2D eigenvalue weighted by Crippen LogP contribution is -2.30. The molecule has 0 aliphatic rings. The summed E-state index contributed by atoms with van der Waals surface area (Å²) >= 11 is 0. The molecule has 0 aliphatic carbocycles. The Morgan fingerprint density at radius 2 is 0.529 bits per heavy atom. The Balaban J connectivity index is 4.55. The first-order valence-corrected chi connectivity index (χ1v) is 27.8. The number of rotatable bonds is 48. The van der Waals surface area contributed by atoms with Gasteiger partial charge in [0.1, 0.15) is 13.2 Å². The van der Waals surface area contributed by atoms with Gasteiger partial charge in [0.15, 0.2) is 6.10 Å². The summed E-state index contributed by atoms with van der Waals surface area (Å²) in [6, 6.07) is 0. The Hall–Kier alpha value is -4.71. The molecule has 0 amide bonds. The maximum absolute atomic E-state index is 12.8. The Morgan fingerprint density at radius 3 is 0.843 bits per heavy atom. The number of esters is 3. The average molecular weight is 965 g/mol. The topological polar surface area (TPSA) is 78.9 Å². The summed E-state index contributed by atoms with van der Waals surface area (Å²) in [7, 11) is 0. The van der Waals surface area contributed by atoms with Crippen LogP contribution < -0.4 is 0 Å². The van der Waals surface area contributed by atoms with Gasteiger partial charge < -0.3 is 14.2 Å². The van der Waals surface area contributed by atoms with E-state index in [0.29, 0.717) is 19.3 Å². The number of ether oxygens (including phenoxy) is 3. The number of hydrogen-bond acceptors (Lipinski definition) is 6. The van der Waals surface area contributed by atoms with Crippen LogP contribution in [0.2, 0.25) is 0 Å². The SMILES string of the molecule is CC/C=C\C/C=C\C/C=C\C/C=C\C/C=C\CCCC(=O)OC(COC(=O)CCCCCCCC/C=C\C/C=C\C/C=C\CC)COC(=O)CCCCCCCC/C=C\C/C=C\C/C=C\C/C=C\CC. The van der Waals surface area contributed by atoms with Crippen LogP contribution in [0, 0.1) is 0 Å². The van der Waals surface area contributed by atoms with Gasteiger partial charge in [-0.25, -0.2) is 0 Å². The third-order valence-corrected chi connectivity index (χ3v) is 11.1. The van der Waals surface area contributed by atoms with Crippen molar-refractivity contribution in [2.75, 3.05) is 13.2 Å². The van der Waals surface area contributed by atoms with Gasteiger partial charge in [-0.05, 0) is 128 Å². The Labute approximate surface area is 429 Å². The van der Waals surface area contributed by atoms with Gasteiger partial charge in [0.05, 0.1) is 0 Å². The van der Waals surface area contributed by atoms with Crippen LogP contribution in [0.25, 0.3) is 0 Å². The van der Waals surface area contributed by atoms with Crippen LogP contribution in [0.4, 0.5) is 0 Å². The fourth-order valence-corrected chi connectivity index (χ4v) is 7.01.